The van der Waals surface area contributed by atoms with Crippen LogP contribution in [-0.4, -0.2) is 76.6 Å². The summed E-state index contributed by atoms with van der Waals surface area (Å²) in [4.78, 5) is 2.40. The van der Waals surface area contributed by atoms with Crippen molar-refractivity contribution in [2.45, 2.75) is 69.6 Å². The topological polar surface area (TPSA) is 83.5 Å². The molecule has 3 rings (SSSR count). The minimum Gasteiger partial charge on any atom is -0.349 e. The van der Waals surface area contributed by atoms with E-state index in [2.05, 4.69) is 4.90 Å². The summed E-state index contributed by atoms with van der Waals surface area (Å²) in [7, 11) is -3.77. The maximum Gasteiger partial charge on any atom is 0.296 e. The van der Waals surface area contributed by atoms with Crippen LogP contribution in [0.4, 0.5) is 0 Å². The molecule has 176 valence electrons. The van der Waals surface area contributed by atoms with Crippen LogP contribution >= 0.6 is 0 Å². The largest absolute Gasteiger partial charge is 0.349 e. The summed E-state index contributed by atoms with van der Waals surface area (Å²) < 4.78 is 53.5. The Labute approximate surface area is 185 Å². The van der Waals surface area contributed by atoms with Gasteiger partial charge in [0, 0.05) is 6.54 Å². The van der Waals surface area contributed by atoms with Gasteiger partial charge in [-0.25, -0.2) is 0 Å². The lowest BCUT2D eigenvalue weighted by Gasteiger charge is -2.46. The van der Waals surface area contributed by atoms with Gasteiger partial charge in [-0.1, -0.05) is 17.7 Å². The smallest absolute Gasteiger partial charge is 0.296 e. The molecule has 0 unspecified atom stereocenters. The summed E-state index contributed by atoms with van der Waals surface area (Å²) in [5.74, 6) is -1.20. The van der Waals surface area contributed by atoms with Gasteiger partial charge in [-0.05, 0) is 53.2 Å². The van der Waals surface area contributed by atoms with Crippen molar-refractivity contribution in [3.63, 3.8) is 0 Å². The van der Waals surface area contributed by atoms with Gasteiger partial charge in [0.1, 0.15) is 0 Å². The van der Waals surface area contributed by atoms with Crippen LogP contribution in [0.15, 0.2) is 29.2 Å². The van der Waals surface area contributed by atoms with Crippen molar-refractivity contribution in [1.82, 2.24) is 4.90 Å². The lowest BCUT2D eigenvalue weighted by atomic mass is 10.1. The quantitative estimate of drug-likeness (QED) is 0.435. The molecule has 31 heavy (non-hydrogen) atoms. The SMILES string of the molecule is Cc1ccc(S(=O)(=O)OCCCN(C2COC(C)(C)OC2)C2COC(C)(C)OC2)cc1. The average molecular weight is 458 g/mol. The second-order valence-electron chi connectivity index (χ2n) is 9.03. The second-order valence-corrected chi connectivity index (χ2v) is 10.6. The van der Waals surface area contributed by atoms with E-state index in [0.29, 0.717) is 39.4 Å². The Morgan fingerprint density at radius 3 is 1.81 bits per heavy atom. The van der Waals surface area contributed by atoms with Crippen LogP contribution in [0, 0.1) is 6.92 Å². The fourth-order valence-electron chi connectivity index (χ4n) is 3.60. The van der Waals surface area contributed by atoms with Gasteiger partial charge in [-0.2, -0.15) is 8.42 Å². The minimum absolute atomic E-state index is 0.0279. The summed E-state index contributed by atoms with van der Waals surface area (Å²) >= 11 is 0. The first kappa shape index (κ1) is 24.6. The van der Waals surface area contributed by atoms with E-state index in [1.807, 2.05) is 34.6 Å². The molecule has 0 saturated carbocycles. The number of hydrogen-bond donors (Lipinski definition) is 0. The molecule has 0 spiro atoms. The van der Waals surface area contributed by atoms with Crippen LogP contribution < -0.4 is 0 Å². The third-order valence-corrected chi connectivity index (χ3v) is 6.87. The van der Waals surface area contributed by atoms with E-state index in [4.69, 9.17) is 23.1 Å². The molecule has 0 aliphatic carbocycles. The minimum atomic E-state index is -3.77. The number of hydrogen-bond acceptors (Lipinski definition) is 8. The Bertz CT molecular complexity index is 775. The zero-order chi connectivity index (χ0) is 22.7. The predicted octanol–water partition coefficient (Wildman–Crippen LogP) is 2.70. The van der Waals surface area contributed by atoms with Gasteiger partial charge >= 0.3 is 0 Å². The molecule has 0 amide bonds. The molecule has 0 aromatic heterocycles. The molecule has 0 N–H and O–H groups in total. The average Bonchev–Trinajstić information content (AvgIpc) is 2.69. The van der Waals surface area contributed by atoms with Gasteiger partial charge in [-0.15, -0.1) is 0 Å². The van der Waals surface area contributed by atoms with Crippen molar-refractivity contribution >= 4 is 10.1 Å². The molecular weight excluding hydrogens is 422 g/mol. The van der Waals surface area contributed by atoms with E-state index in [9.17, 15) is 8.42 Å². The molecule has 9 heteroatoms. The Kier molecular flexibility index (Phi) is 7.79. The van der Waals surface area contributed by atoms with Crippen molar-refractivity contribution < 1.29 is 31.5 Å². The molecule has 0 atom stereocenters. The molecule has 2 heterocycles. The molecule has 0 radical (unpaired) electrons. The van der Waals surface area contributed by atoms with Crippen LogP contribution in [0.1, 0.15) is 39.7 Å². The summed E-state index contributed by atoms with van der Waals surface area (Å²) in [5.41, 5.74) is 0.995. The molecule has 0 bridgehead atoms. The highest BCUT2D eigenvalue weighted by atomic mass is 32.2. The summed E-state index contributed by atoms with van der Waals surface area (Å²) in [6, 6.07) is 6.70. The van der Waals surface area contributed by atoms with E-state index in [1.165, 1.54) is 0 Å². The van der Waals surface area contributed by atoms with E-state index < -0.39 is 21.7 Å². The Morgan fingerprint density at radius 1 is 0.903 bits per heavy atom. The zero-order valence-corrected chi connectivity index (χ0v) is 19.9. The molecule has 8 nitrogen and oxygen atoms in total. The third-order valence-electron chi connectivity index (χ3n) is 5.54. The lowest BCUT2D eigenvalue weighted by molar-refractivity contribution is -0.288. The molecule has 1 aromatic carbocycles. The molecular formula is C22H35NO7S. The maximum atomic E-state index is 12.4. The third kappa shape index (κ3) is 6.95. The number of ether oxygens (including phenoxy) is 4. The second kappa shape index (κ2) is 9.82. The van der Waals surface area contributed by atoms with Gasteiger partial charge in [0.2, 0.25) is 0 Å². The normalized spacial score (nSPS) is 22.6. The van der Waals surface area contributed by atoms with Crippen LogP contribution in [-0.2, 0) is 33.2 Å². The van der Waals surface area contributed by atoms with Gasteiger partial charge in [-0.3, -0.25) is 9.08 Å². The molecule has 1 aromatic rings. The van der Waals surface area contributed by atoms with Crippen molar-refractivity contribution in [3.05, 3.63) is 29.8 Å². The van der Waals surface area contributed by atoms with Gasteiger partial charge in [0.05, 0.1) is 50.0 Å². The van der Waals surface area contributed by atoms with Crippen LogP contribution in [0.25, 0.3) is 0 Å². The zero-order valence-electron chi connectivity index (χ0n) is 19.1. The highest BCUT2D eigenvalue weighted by molar-refractivity contribution is 7.86. The molecule has 2 aliphatic heterocycles. The standard InChI is InChI=1S/C22H35NO7S/c1-17-7-9-20(10-8-17)31(24,25)30-12-6-11-23(18-13-26-21(2,3)27-14-18)19-15-28-22(4,5)29-16-19/h7-10,18-19H,6,11-16H2,1-5H3. The summed E-state index contributed by atoms with van der Waals surface area (Å²) in [5, 5.41) is 0. The Morgan fingerprint density at radius 2 is 1.35 bits per heavy atom. The fraction of sp³-hybridized carbons (Fsp3) is 0.727. The summed E-state index contributed by atoms with van der Waals surface area (Å²) in [6.45, 7) is 12.3. The monoisotopic (exact) mass is 457 g/mol. The lowest BCUT2D eigenvalue weighted by Crippen LogP contribution is -2.58. The van der Waals surface area contributed by atoms with Crippen molar-refractivity contribution in [2.75, 3.05) is 39.6 Å². The highest BCUT2D eigenvalue weighted by Gasteiger charge is 2.38. The summed E-state index contributed by atoms with van der Waals surface area (Å²) in [6.07, 6.45) is 0.533. The fourth-order valence-corrected chi connectivity index (χ4v) is 4.54. The first-order valence-electron chi connectivity index (χ1n) is 10.8. The van der Waals surface area contributed by atoms with Gasteiger partial charge in [0.15, 0.2) is 11.6 Å². The Balaban J connectivity index is 1.57. The maximum absolute atomic E-state index is 12.4. The van der Waals surface area contributed by atoms with E-state index in [1.54, 1.807) is 24.3 Å². The van der Waals surface area contributed by atoms with Gasteiger partial charge < -0.3 is 18.9 Å². The Hall–Kier alpha value is -1.07. The van der Waals surface area contributed by atoms with E-state index in [0.717, 1.165) is 5.56 Å². The molecule has 2 aliphatic rings. The van der Waals surface area contributed by atoms with Crippen LogP contribution in [0.3, 0.4) is 0 Å². The van der Waals surface area contributed by atoms with Crippen LogP contribution in [0.5, 0.6) is 0 Å². The molecule has 2 saturated heterocycles. The number of benzene rings is 1. The van der Waals surface area contributed by atoms with Crippen molar-refractivity contribution in [1.29, 1.82) is 0 Å². The first-order valence-corrected chi connectivity index (χ1v) is 12.2. The number of aryl methyl sites for hydroxylation is 1. The van der Waals surface area contributed by atoms with E-state index in [-0.39, 0.29) is 23.6 Å². The van der Waals surface area contributed by atoms with Crippen molar-refractivity contribution in [2.24, 2.45) is 0 Å². The highest BCUT2D eigenvalue weighted by Crippen LogP contribution is 2.25. The predicted molar refractivity (Wildman–Crippen MR) is 115 cm³/mol. The first-order chi connectivity index (χ1) is 14.5. The number of rotatable bonds is 8. The van der Waals surface area contributed by atoms with Crippen molar-refractivity contribution in [3.8, 4) is 0 Å². The van der Waals surface area contributed by atoms with Gasteiger partial charge in [0.25, 0.3) is 10.1 Å². The number of nitrogens with zero attached hydrogens (tertiary/aromatic N) is 1. The molecule has 2 fully saturated rings. The van der Waals surface area contributed by atoms with E-state index >= 15 is 0 Å². The van der Waals surface area contributed by atoms with Crippen LogP contribution in [0.2, 0.25) is 0 Å².